The lowest BCUT2D eigenvalue weighted by molar-refractivity contribution is -0.385. The maximum atomic E-state index is 11.7. The fraction of sp³-hybridized carbons (Fsp3) is 0.300. The van der Waals surface area contributed by atoms with Crippen LogP contribution in [0, 0.1) is 10.1 Å². The van der Waals surface area contributed by atoms with E-state index in [4.69, 9.17) is 4.74 Å². The zero-order valence-corrected chi connectivity index (χ0v) is 9.85. The molecule has 0 spiro atoms. The second-order valence-electron chi connectivity index (χ2n) is 3.44. The Balaban J connectivity index is 2.44. The summed E-state index contributed by atoms with van der Waals surface area (Å²) in [4.78, 5) is 24.9. The smallest absolute Gasteiger partial charge is 0.414 e. The molecule has 0 aliphatic carbocycles. The van der Waals surface area contributed by atoms with E-state index in [9.17, 15) is 28.1 Å². The first-order valence-corrected chi connectivity index (χ1v) is 5.13. The highest BCUT2D eigenvalue weighted by Gasteiger charge is 2.28. The van der Waals surface area contributed by atoms with Crippen molar-refractivity contribution in [2.45, 2.75) is 6.18 Å². The maximum Gasteiger partial charge on any atom is 0.414 e. The number of hydroxylamine groups is 1. The molecule has 20 heavy (non-hydrogen) atoms. The van der Waals surface area contributed by atoms with E-state index >= 15 is 0 Å². The first-order chi connectivity index (χ1) is 9.29. The van der Waals surface area contributed by atoms with Crippen LogP contribution in [0.15, 0.2) is 24.3 Å². The molecule has 7 nitrogen and oxygen atoms in total. The van der Waals surface area contributed by atoms with Crippen LogP contribution in [0.25, 0.3) is 0 Å². The van der Waals surface area contributed by atoms with Crippen LogP contribution in [0.3, 0.4) is 0 Å². The number of nitrogens with zero attached hydrogens (tertiary/aromatic N) is 1. The fourth-order valence-electron chi connectivity index (χ4n) is 1.10. The molecule has 0 bridgehead atoms. The van der Waals surface area contributed by atoms with Crippen molar-refractivity contribution in [1.82, 2.24) is 5.48 Å². The average Bonchev–Trinajstić information content (AvgIpc) is 2.35. The number of nitro benzene ring substituents is 1. The molecule has 0 aliphatic heterocycles. The van der Waals surface area contributed by atoms with Crippen LogP contribution in [-0.2, 0) is 9.63 Å². The van der Waals surface area contributed by atoms with Gasteiger partial charge in [0.2, 0.25) is 0 Å². The van der Waals surface area contributed by atoms with Gasteiger partial charge in [-0.2, -0.15) is 13.2 Å². The number of alkyl halides is 3. The van der Waals surface area contributed by atoms with E-state index in [1.54, 1.807) is 0 Å². The van der Waals surface area contributed by atoms with Gasteiger partial charge in [0.25, 0.3) is 5.91 Å². The largest absolute Gasteiger partial charge is 0.477 e. The lowest BCUT2D eigenvalue weighted by Crippen LogP contribution is -2.32. The van der Waals surface area contributed by atoms with Gasteiger partial charge in [0.1, 0.15) is 0 Å². The van der Waals surface area contributed by atoms with Crippen LogP contribution in [0.2, 0.25) is 0 Å². The summed E-state index contributed by atoms with van der Waals surface area (Å²) in [6.07, 6.45) is -4.58. The van der Waals surface area contributed by atoms with Crippen molar-refractivity contribution in [2.75, 3.05) is 13.2 Å². The van der Waals surface area contributed by atoms with Gasteiger partial charge in [-0.1, -0.05) is 12.1 Å². The lowest BCUT2D eigenvalue weighted by atomic mass is 10.3. The molecule has 0 fully saturated rings. The zero-order chi connectivity index (χ0) is 15.2. The molecule has 0 saturated carbocycles. The maximum absolute atomic E-state index is 11.7. The quantitative estimate of drug-likeness (QED) is 0.635. The van der Waals surface area contributed by atoms with E-state index in [1.165, 1.54) is 23.7 Å². The highest BCUT2D eigenvalue weighted by Crippen LogP contribution is 2.25. The molecule has 0 saturated heterocycles. The third-order valence-corrected chi connectivity index (χ3v) is 1.84. The molecule has 110 valence electrons. The van der Waals surface area contributed by atoms with Crippen LogP contribution in [0.4, 0.5) is 18.9 Å². The molecule has 1 amide bonds. The van der Waals surface area contributed by atoms with Crippen molar-refractivity contribution in [2.24, 2.45) is 0 Å². The Kier molecular flexibility index (Phi) is 5.26. The Hall–Kier alpha value is -2.36. The minimum atomic E-state index is -4.58. The summed E-state index contributed by atoms with van der Waals surface area (Å²) in [7, 11) is 0. The number of carbonyl (C=O) groups excluding carboxylic acids is 1. The Morgan fingerprint density at radius 1 is 1.35 bits per heavy atom. The summed E-state index contributed by atoms with van der Waals surface area (Å²) < 4.78 is 40.0. The second kappa shape index (κ2) is 6.70. The fourth-order valence-corrected chi connectivity index (χ4v) is 1.10. The number of carbonyl (C=O) groups is 1. The zero-order valence-electron chi connectivity index (χ0n) is 9.85. The van der Waals surface area contributed by atoms with Gasteiger partial charge in [-0.05, 0) is 6.07 Å². The van der Waals surface area contributed by atoms with Crippen molar-refractivity contribution in [3.8, 4) is 5.75 Å². The van der Waals surface area contributed by atoms with Crippen molar-refractivity contribution in [3.63, 3.8) is 0 Å². The monoisotopic (exact) mass is 294 g/mol. The first kappa shape index (κ1) is 15.7. The normalized spacial score (nSPS) is 10.9. The Labute approximate surface area is 110 Å². The Bertz CT molecular complexity index is 492. The molecule has 1 rings (SSSR count). The van der Waals surface area contributed by atoms with E-state index < -0.39 is 30.2 Å². The summed E-state index contributed by atoms with van der Waals surface area (Å²) in [6, 6.07) is 5.26. The average molecular weight is 294 g/mol. The Morgan fingerprint density at radius 2 is 2.00 bits per heavy atom. The molecule has 0 heterocycles. The lowest BCUT2D eigenvalue weighted by Gasteiger charge is -2.09. The highest BCUT2D eigenvalue weighted by atomic mass is 19.4. The molecule has 1 N–H and O–H groups in total. The van der Waals surface area contributed by atoms with E-state index in [0.717, 1.165) is 6.07 Å². The van der Waals surface area contributed by atoms with E-state index in [0.29, 0.717) is 0 Å². The van der Waals surface area contributed by atoms with E-state index in [-0.39, 0.29) is 11.4 Å². The predicted octanol–water partition coefficient (Wildman–Crippen LogP) is 1.58. The minimum absolute atomic E-state index is 0.177. The van der Waals surface area contributed by atoms with Gasteiger partial charge in [-0.25, -0.2) is 5.48 Å². The third kappa shape index (κ3) is 5.52. The van der Waals surface area contributed by atoms with Crippen molar-refractivity contribution in [3.05, 3.63) is 34.4 Å². The standard InChI is InChI=1S/C10H9F3N2O5/c11-10(12,13)6-20-14-9(16)5-19-8-4-2-1-3-7(8)15(17)18/h1-4H,5-6H2,(H,14,16). The van der Waals surface area contributed by atoms with Crippen molar-refractivity contribution in [1.29, 1.82) is 0 Å². The van der Waals surface area contributed by atoms with Gasteiger partial charge in [0.15, 0.2) is 19.0 Å². The van der Waals surface area contributed by atoms with Crippen molar-refractivity contribution >= 4 is 11.6 Å². The summed E-state index contributed by atoms with van der Waals surface area (Å²) in [6.45, 7) is -2.37. The number of hydrogen-bond donors (Lipinski definition) is 1. The topological polar surface area (TPSA) is 90.7 Å². The number of benzene rings is 1. The SMILES string of the molecule is O=C(COc1ccccc1[N+](=O)[O-])NOCC(F)(F)F. The van der Waals surface area contributed by atoms with Crippen LogP contribution >= 0.6 is 0 Å². The van der Waals surface area contributed by atoms with Gasteiger partial charge in [0, 0.05) is 6.07 Å². The molecule has 1 aromatic rings. The van der Waals surface area contributed by atoms with Crippen LogP contribution in [0.5, 0.6) is 5.75 Å². The van der Waals surface area contributed by atoms with Gasteiger partial charge < -0.3 is 4.74 Å². The van der Waals surface area contributed by atoms with Gasteiger partial charge in [-0.15, -0.1) is 0 Å². The van der Waals surface area contributed by atoms with Crippen LogP contribution in [0.1, 0.15) is 0 Å². The Morgan fingerprint density at radius 3 is 2.60 bits per heavy atom. The third-order valence-electron chi connectivity index (χ3n) is 1.84. The molecule has 0 aromatic heterocycles. The highest BCUT2D eigenvalue weighted by molar-refractivity contribution is 5.76. The number of nitrogens with one attached hydrogen (secondary N) is 1. The van der Waals surface area contributed by atoms with E-state index in [1.807, 2.05) is 0 Å². The molecule has 0 radical (unpaired) electrons. The summed E-state index contributed by atoms with van der Waals surface area (Å²) in [5, 5.41) is 10.6. The molecule has 0 atom stereocenters. The number of para-hydroxylation sites is 2. The first-order valence-electron chi connectivity index (χ1n) is 5.13. The van der Waals surface area contributed by atoms with Gasteiger partial charge in [-0.3, -0.25) is 19.7 Å². The molecule has 10 heteroatoms. The number of hydrogen-bond acceptors (Lipinski definition) is 5. The number of halogens is 3. The molecular weight excluding hydrogens is 285 g/mol. The van der Waals surface area contributed by atoms with Gasteiger partial charge >= 0.3 is 11.9 Å². The number of rotatable bonds is 6. The number of ether oxygens (including phenoxy) is 1. The summed E-state index contributed by atoms with van der Waals surface area (Å²) >= 11 is 0. The second-order valence-corrected chi connectivity index (χ2v) is 3.44. The predicted molar refractivity (Wildman–Crippen MR) is 58.7 cm³/mol. The minimum Gasteiger partial charge on any atom is -0.477 e. The molecule has 1 aromatic carbocycles. The van der Waals surface area contributed by atoms with Gasteiger partial charge in [0.05, 0.1) is 4.92 Å². The molecule has 0 aliphatic rings. The van der Waals surface area contributed by atoms with Crippen LogP contribution in [-0.4, -0.2) is 30.2 Å². The summed E-state index contributed by atoms with van der Waals surface area (Å²) in [5.74, 6) is -1.18. The molecule has 0 unspecified atom stereocenters. The van der Waals surface area contributed by atoms with E-state index in [2.05, 4.69) is 4.84 Å². The number of amides is 1. The molecular formula is C10H9F3N2O5. The van der Waals surface area contributed by atoms with Crippen molar-refractivity contribution < 1.29 is 32.5 Å². The van der Waals surface area contributed by atoms with Crippen LogP contribution < -0.4 is 10.2 Å². The number of nitro groups is 1. The summed E-state index contributed by atoms with van der Waals surface area (Å²) in [5.41, 5.74) is 1.14.